The van der Waals surface area contributed by atoms with Crippen LogP contribution in [0.1, 0.15) is 15.9 Å². The molecule has 0 spiro atoms. The summed E-state index contributed by atoms with van der Waals surface area (Å²) >= 11 is 0. The van der Waals surface area contributed by atoms with Crippen LogP contribution in [0.4, 0.5) is 8.78 Å². The average molecular weight is 377 g/mol. The summed E-state index contributed by atoms with van der Waals surface area (Å²) in [6.07, 6.45) is -0.364. The van der Waals surface area contributed by atoms with Crippen molar-refractivity contribution in [2.75, 3.05) is 33.4 Å². The SMILES string of the molecule is COc1cc(C)ccc1OC[C@@H]1CN(C(=O)c2ccc(F)cc2F)CCO1. The molecule has 1 aliphatic rings. The van der Waals surface area contributed by atoms with Gasteiger partial charge in [0.15, 0.2) is 11.5 Å². The number of hydrogen-bond donors (Lipinski definition) is 0. The van der Waals surface area contributed by atoms with E-state index in [1.807, 2.05) is 25.1 Å². The fourth-order valence-corrected chi connectivity index (χ4v) is 2.91. The van der Waals surface area contributed by atoms with Crippen LogP contribution in [0.15, 0.2) is 36.4 Å². The second-order valence-corrected chi connectivity index (χ2v) is 6.33. The van der Waals surface area contributed by atoms with Gasteiger partial charge in [0.05, 0.1) is 25.8 Å². The van der Waals surface area contributed by atoms with Crippen LogP contribution in [0.5, 0.6) is 11.5 Å². The minimum absolute atomic E-state index is 0.154. The van der Waals surface area contributed by atoms with E-state index in [4.69, 9.17) is 14.2 Å². The molecule has 0 aromatic heterocycles. The molecule has 27 heavy (non-hydrogen) atoms. The molecule has 144 valence electrons. The lowest BCUT2D eigenvalue weighted by atomic mass is 10.1. The molecule has 0 saturated carbocycles. The van der Waals surface area contributed by atoms with E-state index in [-0.39, 0.29) is 24.8 Å². The van der Waals surface area contributed by atoms with Gasteiger partial charge in [-0.25, -0.2) is 8.78 Å². The molecule has 1 amide bonds. The smallest absolute Gasteiger partial charge is 0.257 e. The molecule has 1 atom stereocenters. The highest BCUT2D eigenvalue weighted by molar-refractivity contribution is 5.94. The summed E-state index contributed by atoms with van der Waals surface area (Å²) in [5.74, 6) is -0.881. The quantitative estimate of drug-likeness (QED) is 0.803. The Morgan fingerprint density at radius 3 is 2.78 bits per heavy atom. The summed E-state index contributed by atoms with van der Waals surface area (Å²) < 4.78 is 43.7. The molecule has 7 heteroatoms. The van der Waals surface area contributed by atoms with Gasteiger partial charge in [-0.1, -0.05) is 6.07 Å². The maximum atomic E-state index is 13.9. The summed E-state index contributed by atoms with van der Waals surface area (Å²) in [7, 11) is 1.57. The number of amides is 1. The van der Waals surface area contributed by atoms with Crippen LogP contribution in [0.25, 0.3) is 0 Å². The molecule has 1 aliphatic heterocycles. The van der Waals surface area contributed by atoms with Gasteiger partial charge in [0.1, 0.15) is 24.3 Å². The molecular weight excluding hydrogens is 356 g/mol. The first-order valence-corrected chi connectivity index (χ1v) is 8.61. The zero-order valence-corrected chi connectivity index (χ0v) is 15.2. The number of hydrogen-bond acceptors (Lipinski definition) is 4. The first kappa shape index (κ1) is 19.1. The zero-order chi connectivity index (χ0) is 19.4. The van der Waals surface area contributed by atoms with Crippen molar-refractivity contribution in [2.24, 2.45) is 0 Å². The molecule has 0 unspecified atom stereocenters. The third-order valence-corrected chi connectivity index (χ3v) is 4.33. The number of aryl methyl sites for hydroxylation is 1. The molecule has 2 aromatic rings. The van der Waals surface area contributed by atoms with Gasteiger partial charge in [-0.2, -0.15) is 0 Å². The van der Waals surface area contributed by atoms with Crippen LogP contribution in [-0.2, 0) is 4.74 Å². The predicted molar refractivity (Wildman–Crippen MR) is 95.2 cm³/mol. The Balaban J connectivity index is 1.63. The van der Waals surface area contributed by atoms with Gasteiger partial charge in [-0.15, -0.1) is 0 Å². The number of nitrogens with zero attached hydrogens (tertiary/aromatic N) is 1. The maximum absolute atomic E-state index is 13.9. The molecule has 0 radical (unpaired) electrons. The van der Waals surface area contributed by atoms with E-state index in [0.717, 1.165) is 17.7 Å². The van der Waals surface area contributed by atoms with Gasteiger partial charge in [-0.3, -0.25) is 4.79 Å². The van der Waals surface area contributed by atoms with Gasteiger partial charge in [0.2, 0.25) is 0 Å². The fourth-order valence-electron chi connectivity index (χ4n) is 2.91. The summed E-state index contributed by atoms with van der Waals surface area (Å²) in [5.41, 5.74) is 0.893. The molecule has 1 fully saturated rings. The monoisotopic (exact) mass is 377 g/mol. The fraction of sp³-hybridized carbons (Fsp3) is 0.350. The topological polar surface area (TPSA) is 48.0 Å². The van der Waals surface area contributed by atoms with E-state index < -0.39 is 17.5 Å². The third-order valence-electron chi connectivity index (χ3n) is 4.33. The van der Waals surface area contributed by atoms with Crippen molar-refractivity contribution < 1.29 is 27.8 Å². The first-order chi connectivity index (χ1) is 13.0. The number of rotatable bonds is 5. The van der Waals surface area contributed by atoms with Crippen molar-refractivity contribution in [3.8, 4) is 11.5 Å². The number of morpholine rings is 1. The summed E-state index contributed by atoms with van der Waals surface area (Å²) in [6.45, 7) is 3.07. The Morgan fingerprint density at radius 1 is 1.22 bits per heavy atom. The van der Waals surface area contributed by atoms with E-state index in [2.05, 4.69) is 0 Å². The number of benzene rings is 2. The second-order valence-electron chi connectivity index (χ2n) is 6.33. The van der Waals surface area contributed by atoms with Crippen molar-refractivity contribution in [3.05, 3.63) is 59.2 Å². The van der Waals surface area contributed by atoms with E-state index in [1.54, 1.807) is 7.11 Å². The van der Waals surface area contributed by atoms with E-state index in [9.17, 15) is 13.6 Å². The highest BCUT2D eigenvalue weighted by Gasteiger charge is 2.27. The molecule has 1 saturated heterocycles. The van der Waals surface area contributed by atoms with Crippen molar-refractivity contribution >= 4 is 5.91 Å². The normalized spacial score (nSPS) is 16.9. The number of halogens is 2. The van der Waals surface area contributed by atoms with Crippen LogP contribution in [0, 0.1) is 18.6 Å². The number of carbonyl (C=O) groups is 1. The zero-order valence-electron chi connectivity index (χ0n) is 15.2. The number of carbonyl (C=O) groups excluding carboxylic acids is 1. The lowest BCUT2D eigenvalue weighted by molar-refractivity contribution is -0.0405. The van der Waals surface area contributed by atoms with Gasteiger partial charge in [-0.05, 0) is 36.8 Å². The molecule has 1 heterocycles. The van der Waals surface area contributed by atoms with E-state index in [0.29, 0.717) is 30.7 Å². The first-order valence-electron chi connectivity index (χ1n) is 8.61. The summed E-state index contributed by atoms with van der Waals surface area (Å²) in [5, 5.41) is 0. The van der Waals surface area contributed by atoms with Crippen LogP contribution in [0.2, 0.25) is 0 Å². The van der Waals surface area contributed by atoms with Crippen molar-refractivity contribution in [2.45, 2.75) is 13.0 Å². The Labute approximate surface area is 156 Å². The van der Waals surface area contributed by atoms with Gasteiger partial charge in [0, 0.05) is 12.6 Å². The number of methoxy groups -OCH3 is 1. The minimum atomic E-state index is -0.872. The lowest BCUT2D eigenvalue weighted by Gasteiger charge is -2.33. The van der Waals surface area contributed by atoms with Gasteiger partial charge < -0.3 is 19.1 Å². The van der Waals surface area contributed by atoms with Crippen LogP contribution in [0.3, 0.4) is 0 Å². The van der Waals surface area contributed by atoms with E-state index in [1.165, 1.54) is 4.90 Å². The highest BCUT2D eigenvalue weighted by atomic mass is 19.1. The van der Waals surface area contributed by atoms with Crippen molar-refractivity contribution in [3.63, 3.8) is 0 Å². The van der Waals surface area contributed by atoms with Crippen molar-refractivity contribution in [1.29, 1.82) is 0 Å². The Kier molecular flexibility index (Phi) is 5.91. The van der Waals surface area contributed by atoms with Gasteiger partial charge in [0.25, 0.3) is 5.91 Å². The molecule has 0 aliphatic carbocycles. The van der Waals surface area contributed by atoms with Crippen LogP contribution < -0.4 is 9.47 Å². The second kappa shape index (κ2) is 8.35. The molecule has 0 bridgehead atoms. The average Bonchev–Trinajstić information content (AvgIpc) is 2.66. The molecule has 5 nitrogen and oxygen atoms in total. The van der Waals surface area contributed by atoms with Crippen LogP contribution >= 0.6 is 0 Å². The standard InChI is InChI=1S/C20H21F2NO4/c1-13-3-6-18(19(9-13)25-2)27-12-15-11-23(7-8-26-15)20(24)16-5-4-14(21)10-17(16)22/h3-6,9-10,15H,7-8,11-12H2,1-2H3/t15-/m0/s1. The third kappa shape index (κ3) is 4.54. The number of ether oxygens (including phenoxy) is 3. The largest absolute Gasteiger partial charge is 0.493 e. The highest BCUT2D eigenvalue weighted by Crippen LogP contribution is 2.28. The molecular formula is C20H21F2NO4. The summed E-state index contributed by atoms with van der Waals surface area (Å²) in [4.78, 5) is 14.0. The van der Waals surface area contributed by atoms with Crippen LogP contribution in [-0.4, -0.2) is 50.3 Å². The molecule has 0 N–H and O–H groups in total. The Morgan fingerprint density at radius 2 is 2.04 bits per heavy atom. The van der Waals surface area contributed by atoms with Crippen molar-refractivity contribution in [1.82, 2.24) is 4.90 Å². The molecule has 3 rings (SSSR count). The lowest BCUT2D eigenvalue weighted by Crippen LogP contribution is -2.47. The maximum Gasteiger partial charge on any atom is 0.257 e. The Bertz CT molecular complexity index is 828. The Hall–Kier alpha value is -2.67. The summed E-state index contributed by atoms with van der Waals surface area (Å²) in [6, 6.07) is 8.52. The van der Waals surface area contributed by atoms with Gasteiger partial charge >= 0.3 is 0 Å². The molecule has 2 aromatic carbocycles. The predicted octanol–water partition coefficient (Wildman–Crippen LogP) is 3.20. The minimum Gasteiger partial charge on any atom is -0.493 e. The van der Waals surface area contributed by atoms with E-state index >= 15 is 0 Å².